The summed E-state index contributed by atoms with van der Waals surface area (Å²) in [6.45, 7) is 1.83. The molecule has 1 aromatic heterocycles. The van der Waals surface area contributed by atoms with Gasteiger partial charge in [-0.05, 0) is 19.1 Å². The first-order valence-corrected chi connectivity index (χ1v) is 5.12. The molecule has 1 aromatic carbocycles. The first-order chi connectivity index (χ1) is 8.50. The minimum absolute atomic E-state index is 0.138. The predicted octanol–water partition coefficient (Wildman–Crippen LogP) is 0.673. The Morgan fingerprint density at radius 1 is 1.22 bits per heavy atom. The molecule has 0 saturated carbocycles. The lowest BCUT2D eigenvalue weighted by molar-refractivity contribution is 0.0948. The molecule has 0 spiro atoms. The topological polar surface area (TPSA) is 71.9 Å². The first kappa shape index (κ1) is 12.0. The number of aryl methyl sites for hydroxylation is 1. The van der Waals surface area contributed by atoms with Gasteiger partial charge in [-0.1, -0.05) is 17.7 Å². The summed E-state index contributed by atoms with van der Waals surface area (Å²) in [4.78, 5) is 36.7. The van der Waals surface area contributed by atoms with Gasteiger partial charge in [0.25, 0.3) is 11.5 Å². The van der Waals surface area contributed by atoms with E-state index in [-0.39, 0.29) is 10.1 Å². The van der Waals surface area contributed by atoms with Crippen molar-refractivity contribution in [2.24, 2.45) is 0 Å². The first-order valence-electron chi connectivity index (χ1n) is 5.12. The van der Waals surface area contributed by atoms with Crippen molar-refractivity contribution < 1.29 is 9.18 Å². The summed E-state index contributed by atoms with van der Waals surface area (Å²) in [6.07, 6.45) is 0.629. The number of nitrogens with one attached hydrogen (secondary N) is 1. The summed E-state index contributed by atoms with van der Waals surface area (Å²) < 4.78 is 13.3. The van der Waals surface area contributed by atoms with Crippen LogP contribution in [0.3, 0.4) is 0 Å². The molecule has 0 radical (unpaired) electrons. The number of H-pyrrole nitrogens is 1. The smallest absolute Gasteiger partial charge is 0.311 e. The summed E-state index contributed by atoms with van der Waals surface area (Å²) in [7, 11) is 0. The maximum absolute atomic E-state index is 13.0. The van der Waals surface area contributed by atoms with E-state index in [0.29, 0.717) is 6.20 Å². The molecule has 5 nitrogen and oxygen atoms in total. The van der Waals surface area contributed by atoms with Crippen molar-refractivity contribution in [3.8, 4) is 0 Å². The zero-order valence-corrected chi connectivity index (χ0v) is 9.44. The van der Waals surface area contributed by atoms with Crippen molar-refractivity contribution in [2.45, 2.75) is 6.92 Å². The average Bonchev–Trinajstić information content (AvgIpc) is 2.35. The Balaban J connectivity index is 2.60. The third-order valence-corrected chi connectivity index (χ3v) is 2.43. The number of hydrogen-bond donors (Lipinski definition) is 1. The number of benzene rings is 1. The van der Waals surface area contributed by atoms with E-state index in [9.17, 15) is 18.8 Å². The highest BCUT2D eigenvalue weighted by Gasteiger charge is 2.15. The van der Waals surface area contributed by atoms with Crippen molar-refractivity contribution in [2.75, 3.05) is 0 Å². The molecule has 0 amide bonds. The van der Waals surface area contributed by atoms with Crippen LogP contribution in [0, 0.1) is 12.7 Å². The maximum atomic E-state index is 13.0. The predicted molar refractivity (Wildman–Crippen MR) is 62.2 cm³/mol. The number of halogens is 1. The Kier molecular flexibility index (Phi) is 2.93. The number of rotatable bonds is 1. The summed E-state index contributed by atoms with van der Waals surface area (Å²) in [5.74, 6) is -2.05. The third-order valence-electron chi connectivity index (χ3n) is 2.43. The lowest BCUT2D eigenvalue weighted by Gasteiger charge is -2.03. The van der Waals surface area contributed by atoms with Crippen LogP contribution in [0.2, 0.25) is 0 Å². The molecule has 18 heavy (non-hydrogen) atoms. The second-order valence-electron chi connectivity index (χ2n) is 3.75. The van der Waals surface area contributed by atoms with Gasteiger partial charge >= 0.3 is 5.69 Å². The van der Waals surface area contributed by atoms with E-state index in [4.69, 9.17) is 0 Å². The van der Waals surface area contributed by atoms with E-state index < -0.39 is 23.0 Å². The molecule has 6 heteroatoms. The fourth-order valence-corrected chi connectivity index (χ4v) is 1.46. The summed E-state index contributed by atoms with van der Waals surface area (Å²) in [5, 5.41) is 0. The molecule has 0 aliphatic rings. The second kappa shape index (κ2) is 4.40. The molecule has 92 valence electrons. The fraction of sp³-hybridized carbons (Fsp3) is 0.0833. The van der Waals surface area contributed by atoms with E-state index in [2.05, 4.69) is 0 Å². The van der Waals surface area contributed by atoms with Crippen LogP contribution in [0.15, 0.2) is 40.1 Å². The normalized spacial score (nSPS) is 10.3. The van der Waals surface area contributed by atoms with E-state index >= 15 is 0 Å². The van der Waals surface area contributed by atoms with Crippen molar-refractivity contribution in [3.05, 3.63) is 68.2 Å². The van der Waals surface area contributed by atoms with Gasteiger partial charge in [0.2, 0.25) is 5.82 Å². The van der Waals surface area contributed by atoms with Crippen LogP contribution in [-0.2, 0) is 0 Å². The highest BCUT2D eigenvalue weighted by molar-refractivity contribution is 5.95. The van der Waals surface area contributed by atoms with Gasteiger partial charge in [0.15, 0.2) is 0 Å². The lowest BCUT2D eigenvalue weighted by Crippen LogP contribution is -2.41. The van der Waals surface area contributed by atoms with Crippen LogP contribution >= 0.6 is 0 Å². The number of aromatic amines is 1. The number of aromatic nitrogens is 2. The Bertz CT molecular complexity index is 713. The van der Waals surface area contributed by atoms with Crippen molar-refractivity contribution in [3.63, 3.8) is 0 Å². The fourth-order valence-electron chi connectivity index (χ4n) is 1.46. The van der Waals surface area contributed by atoms with Gasteiger partial charge in [0.1, 0.15) is 0 Å². The lowest BCUT2D eigenvalue weighted by atomic mass is 10.1. The monoisotopic (exact) mass is 248 g/mol. The van der Waals surface area contributed by atoms with Gasteiger partial charge in [-0.2, -0.15) is 8.96 Å². The molecule has 0 aliphatic heterocycles. The molecule has 0 bridgehead atoms. The van der Waals surface area contributed by atoms with Crippen LogP contribution in [0.25, 0.3) is 0 Å². The van der Waals surface area contributed by atoms with Crippen molar-refractivity contribution >= 4 is 5.91 Å². The minimum atomic E-state index is -1.26. The molecule has 0 unspecified atom stereocenters. The largest absolute Gasteiger partial charge is 0.335 e. The molecule has 0 atom stereocenters. The second-order valence-corrected chi connectivity index (χ2v) is 3.75. The van der Waals surface area contributed by atoms with Crippen LogP contribution in [0.4, 0.5) is 4.39 Å². The maximum Gasteiger partial charge on any atom is 0.335 e. The Hall–Kier alpha value is -2.50. The van der Waals surface area contributed by atoms with Crippen molar-refractivity contribution in [1.82, 2.24) is 9.55 Å². The Morgan fingerprint density at radius 2 is 1.83 bits per heavy atom. The summed E-state index contributed by atoms with van der Waals surface area (Å²) in [6, 6.07) is 6.25. The molecule has 2 aromatic rings. The average molecular weight is 248 g/mol. The standard InChI is InChI=1S/C12H9FN2O3/c1-7-2-4-8(5-3-7)10(16)15-11(17)9(13)6-14-12(15)18/h2-6H,1H3,(H,14,18). The molecule has 1 N–H and O–H groups in total. The van der Waals surface area contributed by atoms with E-state index in [0.717, 1.165) is 5.56 Å². The quantitative estimate of drug-likeness (QED) is 0.806. The van der Waals surface area contributed by atoms with E-state index in [1.165, 1.54) is 12.1 Å². The molecular formula is C12H9FN2O3. The number of carbonyl (C=O) groups is 1. The van der Waals surface area contributed by atoms with E-state index in [1.54, 1.807) is 12.1 Å². The van der Waals surface area contributed by atoms with Crippen LogP contribution in [-0.4, -0.2) is 15.5 Å². The molecule has 1 heterocycles. The number of hydrogen-bond acceptors (Lipinski definition) is 3. The van der Waals surface area contributed by atoms with Crippen LogP contribution in [0.5, 0.6) is 0 Å². The Morgan fingerprint density at radius 3 is 2.44 bits per heavy atom. The van der Waals surface area contributed by atoms with Gasteiger partial charge in [-0.3, -0.25) is 9.59 Å². The molecule has 0 fully saturated rings. The highest BCUT2D eigenvalue weighted by atomic mass is 19.1. The summed E-state index contributed by atoms with van der Waals surface area (Å²) in [5.41, 5.74) is -1.16. The van der Waals surface area contributed by atoms with Crippen LogP contribution < -0.4 is 11.2 Å². The SMILES string of the molecule is Cc1ccc(C(=O)n2c(=O)[nH]cc(F)c2=O)cc1. The summed E-state index contributed by atoms with van der Waals surface area (Å²) >= 11 is 0. The molecule has 2 rings (SSSR count). The van der Waals surface area contributed by atoms with Gasteiger partial charge in [0, 0.05) is 11.8 Å². The third kappa shape index (κ3) is 2.00. The van der Waals surface area contributed by atoms with Gasteiger partial charge < -0.3 is 4.98 Å². The highest BCUT2D eigenvalue weighted by Crippen LogP contribution is 2.03. The van der Waals surface area contributed by atoms with E-state index in [1.807, 2.05) is 11.9 Å². The Labute approximate surface area is 101 Å². The molecule has 0 saturated heterocycles. The minimum Gasteiger partial charge on any atom is -0.311 e. The molecule has 0 aliphatic carbocycles. The number of nitrogens with zero attached hydrogens (tertiary/aromatic N) is 1. The van der Waals surface area contributed by atoms with Crippen LogP contribution in [0.1, 0.15) is 15.9 Å². The zero-order valence-electron chi connectivity index (χ0n) is 9.44. The molecular weight excluding hydrogens is 239 g/mol. The van der Waals surface area contributed by atoms with Gasteiger partial charge in [-0.25, -0.2) is 4.79 Å². The van der Waals surface area contributed by atoms with Gasteiger partial charge in [0.05, 0.1) is 0 Å². The van der Waals surface area contributed by atoms with Gasteiger partial charge in [-0.15, -0.1) is 0 Å². The zero-order chi connectivity index (χ0) is 13.3. The number of carbonyl (C=O) groups excluding carboxylic acids is 1. The van der Waals surface area contributed by atoms with Crippen molar-refractivity contribution in [1.29, 1.82) is 0 Å².